The van der Waals surface area contributed by atoms with E-state index in [1.807, 2.05) is 14.1 Å². The molecule has 0 amide bonds. The molecule has 0 rings (SSSR count). The fraction of sp³-hybridized carbons (Fsp3) is 0.500. The van der Waals surface area contributed by atoms with Crippen molar-refractivity contribution in [2.45, 2.75) is 0 Å². The van der Waals surface area contributed by atoms with Gasteiger partial charge in [-0.2, -0.15) is 0 Å². The van der Waals surface area contributed by atoms with Crippen LogP contribution in [0.25, 0.3) is 0 Å². The monoisotopic (exact) mass is 184 g/mol. The number of carbonyl (C=O) groups excluding carboxylic acids is 1. The summed E-state index contributed by atoms with van der Waals surface area (Å²) in [5, 5.41) is 0. The largest absolute Gasteiger partial charge is 0.457 e. The van der Waals surface area contributed by atoms with Crippen LogP contribution in [0.3, 0.4) is 0 Å². The van der Waals surface area contributed by atoms with Crippen LogP contribution in [0.5, 0.6) is 0 Å². The Labute approximate surface area is 79.9 Å². The van der Waals surface area contributed by atoms with Crippen LogP contribution in [-0.2, 0) is 9.53 Å². The van der Waals surface area contributed by atoms with Gasteiger partial charge >= 0.3 is 5.97 Å². The Bertz CT molecular complexity index is 197. The van der Waals surface area contributed by atoms with E-state index in [1.54, 1.807) is 12.2 Å². The Morgan fingerprint density at radius 1 is 1.38 bits per heavy atom. The van der Waals surface area contributed by atoms with E-state index in [0.717, 1.165) is 6.54 Å². The summed E-state index contributed by atoms with van der Waals surface area (Å²) >= 11 is 0. The number of carbonyl (C=O) groups is 1. The van der Waals surface area contributed by atoms with Crippen molar-refractivity contribution in [2.75, 3.05) is 33.8 Å². The van der Waals surface area contributed by atoms with Crippen LogP contribution in [0.15, 0.2) is 25.3 Å². The van der Waals surface area contributed by atoms with Gasteiger partial charge in [-0.05, 0) is 6.08 Å². The maximum atomic E-state index is 11.2. The predicted molar refractivity (Wildman–Crippen MR) is 53.2 cm³/mol. The Hall–Kier alpha value is -1.09. The van der Waals surface area contributed by atoms with E-state index in [9.17, 15) is 4.79 Å². The number of hydrogen-bond donors (Lipinski definition) is 0. The lowest BCUT2D eigenvalue weighted by Gasteiger charge is -2.26. The first-order valence-electron chi connectivity index (χ1n) is 4.21. The second kappa shape index (κ2) is 5.54. The Morgan fingerprint density at radius 2 is 2.00 bits per heavy atom. The number of ether oxygens (including phenoxy) is 1. The third-order valence-corrected chi connectivity index (χ3v) is 1.54. The van der Waals surface area contributed by atoms with Crippen molar-refractivity contribution in [2.24, 2.45) is 0 Å². The van der Waals surface area contributed by atoms with Crippen molar-refractivity contribution in [3.8, 4) is 0 Å². The normalized spacial score (nSPS) is 10.6. The maximum absolute atomic E-state index is 11.2. The van der Waals surface area contributed by atoms with Crippen molar-refractivity contribution >= 4 is 5.97 Å². The fourth-order valence-electron chi connectivity index (χ4n) is 0.961. The first-order chi connectivity index (χ1) is 6.02. The smallest absolute Gasteiger partial charge is 0.362 e. The summed E-state index contributed by atoms with van der Waals surface area (Å²) in [6, 6.07) is 0. The van der Waals surface area contributed by atoms with Crippen LogP contribution in [0.2, 0.25) is 0 Å². The molecule has 0 bridgehead atoms. The second-order valence-electron chi connectivity index (χ2n) is 3.54. The van der Waals surface area contributed by atoms with Gasteiger partial charge < -0.3 is 9.22 Å². The number of nitrogens with zero attached hydrogens (tertiary/aromatic N) is 1. The van der Waals surface area contributed by atoms with Crippen LogP contribution >= 0.6 is 0 Å². The van der Waals surface area contributed by atoms with Crippen LogP contribution in [0.1, 0.15) is 0 Å². The first kappa shape index (κ1) is 11.9. The molecule has 0 aromatic rings. The summed E-state index contributed by atoms with van der Waals surface area (Å²) in [4.78, 5) is 11.2. The topological polar surface area (TPSA) is 26.3 Å². The first-order valence-corrected chi connectivity index (χ1v) is 4.21. The van der Waals surface area contributed by atoms with Gasteiger partial charge in [0.05, 0.1) is 20.6 Å². The highest BCUT2D eigenvalue weighted by Crippen LogP contribution is 1.97. The van der Waals surface area contributed by atoms with Gasteiger partial charge in [0.25, 0.3) is 0 Å². The summed E-state index contributed by atoms with van der Waals surface area (Å²) in [6.07, 6.45) is 3.35. The van der Waals surface area contributed by atoms with Crippen LogP contribution in [0, 0.1) is 0 Å². The summed E-state index contributed by atoms with van der Waals surface area (Å²) < 4.78 is 5.44. The van der Waals surface area contributed by atoms with Crippen LogP contribution < -0.4 is 0 Å². The molecule has 0 heterocycles. The van der Waals surface area contributed by atoms with E-state index in [-0.39, 0.29) is 12.6 Å². The molecule has 0 saturated heterocycles. The minimum absolute atomic E-state index is 0.202. The standard InChI is InChI=1S/C10H18NO2/c1-5-7-11(3,4)9-10(12)13-8-6-2/h5-6H,1-2,7-9H2,3-4H3/q+1. The van der Waals surface area contributed by atoms with Crippen LogP contribution in [0.4, 0.5) is 0 Å². The zero-order valence-corrected chi connectivity index (χ0v) is 8.45. The van der Waals surface area contributed by atoms with Gasteiger partial charge in [0.2, 0.25) is 0 Å². The third kappa shape index (κ3) is 6.11. The summed E-state index contributed by atoms with van der Waals surface area (Å²) in [7, 11) is 3.91. The van der Waals surface area contributed by atoms with Gasteiger partial charge in [0.1, 0.15) is 6.61 Å². The van der Waals surface area contributed by atoms with Gasteiger partial charge in [0.15, 0.2) is 6.54 Å². The highest BCUT2D eigenvalue weighted by Gasteiger charge is 2.18. The molecular weight excluding hydrogens is 166 g/mol. The Balaban J connectivity index is 3.87. The molecule has 0 unspecified atom stereocenters. The zero-order valence-electron chi connectivity index (χ0n) is 8.45. The molecule has 3 heteroatoms. The minimum atomic E-state index is -0.202. The van der Waals surface area contributed by atoms with E-state index in [0.29, 0.717) is 11.0 Å². The lowest BCUT2D eigenvalue weighted by atomic mass is 10.4. The van der Waals surface area contributed by atoms with Crippen molar-refractivity contribution in [1.29, 1.82) is 0 Å². The molecule has 0 fully saturated rings. The average molecular weight is 184 g/mol. The van der Waals surface area contributed by atoms with E-state index >= 15 is 0 Å². The molecule has 0 aromatic carbocycles. The molecule has 0 saturated carbocycles. The van der Waals surface area contributed by atoms with Crippen LogP contribution in [-0.4, -0.2) is 44.2 Å². The van der Waals surface area contributed by atoms with E-state index in [1.165, 1.54) is 0 Å². The molecule has 13 heavy (non-hydrogen) atoms. The molecule has 0 spiro atoms. The molecule has 0 aliphatic heterocycles. The highest BCUT2D eigenvalue weighted by molar-refractivity contribution is 5.70. The molecule has 0 aliphatic rings. The molecule has 0 radical (unpaired) electrons. The minimum Gasteiger partial charge on any atom is -0.457 e. The molecule has 0 N–H and O–H groups in total. The van der Waals surface area contributed by atoms with E-state index in [4.69, 9.17) is 4.74 Å². The summed E-state index contributed by atoms with van der Waals surface area (Å²) in [6.45, 7) is 8.50. The number of rotatable bonds is 6. The third-order valence-electron chi connectivity index (χ3n) is 1.54. The number of esters is 1. The molecule has 3 nitrogen and oxygen atoms in total. The van der Waals surface area contributed by atoms with Gasteiger partial charge in [-0.3, -0.25) is 0 Å². The maximum Gasteiger partial charge on any atom is 0.362 e. The Morgan fingerprint density at radius 3 is 2.46 bits per heavy atom. The molecule has 0 aliphatic carbocycles. The van der Waals surface area contributed by atoms with E-state index < -0.39 is 0 Å². The van der Waals surface area contributed by atoms with Crippen molar-refractivity contribution < 1.29 is 14.0 Å². The molecule has 74 valence electrons. The predicted octanol–water partition coefficient (Wildman–Crippen LogP) is 0.978. The molecular formula is C10H18NO2+. The zero-order chi connectivity index (χ0) is 10.3. The second-order valence-corrected chi connectivity index (χ2v) is 3.54. The number of quaternary nitrogens is 1. The summed E-state index contributed by atoms with van der Waals surface area (Å²) in [5.74, 6) is -0.202. The summed E-state index contributed by atoms with van der Waals surface area (Å²) in [5.41, 5.74) is 0. The fourth-order valence-corrected chi connectivity index (χ4v) is 0.961. The van der Waals surface area contributed by atoms with Crippen molar-refractivity contribution in [1.82, 2.24) is 0 Å². The SMILES string of the molecule is C=CCOC(=O)C[N+](C)(C)CC=C. The average Bonchev–Trinajstić information content (AvgIpc) is 1.99. The number of likely N-dealkylation sites (N-methyl/N-ethyl adjacent to an activating group) is 1. The van der Waals surface area contributed by atoms with Gasteiger partial charge in [-0.25, -0.2) is 4.79 Å². The molecule has 0 aromatic heterocycles. The quantitative estimate of drug-likeness (QED) is 0.349. The Kier molecular flexibility index (Phi) is 5.07. The number of hydrogen-bond acceptors (Lipinski definition) is 2. The van der Waals surface area contributed by atoms with Crippen molar-refractivity contribution in [3.63, 3.8) is 0 Å². The van der Waals surface area contributed by atoms with Gasteiger partial charge in [-0.1, -0.05) is 19.2 Å². The van der Waals surface area contributed by atoms with Crippen molar-refractivity contribution in [3.05, 3.63) is 25.3 Å². The van der Waals surface area contributed by atoms with Gasteiger partial charge in [-0.15, -0.1) is 0 Å². The lowest BCUT2D eigenvalue weighted by molar-refractivity contribution is -0.877. The van der Waals surface area contributed by atoms with E-state index in [2.05, 4.69) is 13.2 Å². The lowest BCUT2D eigenvalue weighted by Crippen LogP contribution is -2.44. The molecule has 0 atom stereocenters. The highest BCUT2D eigenvalue weighted by atomic mass is 16.5. The van der Waals surface area contributed by atoms with Gasteiger partial charge in [0, 0.05) is 0 Å².